The molecule has 152 valence electrons. The van der Waals surface area contributed by atoms with Crippen LogP contribution in [0.3, 0.4) is 0 Å². The molecule has 2 aromatic carbocycles. The Labute approximate surface area is 174 Å². The lowest BCUT2D eigenvalue weighted by Crippen LogP contribution is -2.31. The van der Waals surface area contributed by atoms with Crippen molar-refractivity contribution in [3.8, 4) is 5.75 Å². The molecular formula is C26H32N2O. The van der Waals surface area contributed by atoms with E-state index in [1.54, 1.807) is 18.4 Å². The zero-order valence-electron chi connectivity index (χ0n) is 18.2. The molecule has 2 aliphatic rings. The second-order valence-electron chi connectivity index (χ2n) is 9.02. The third-order valence-electron chi connectivity index (χ3n) is 7.08. The fourth-order valence-corrected chi connectivity index (χ4v) is 5.64. The van der Waals surface area contributed by atoms with E-state index in [-0.39, 0.29) is 0 Å². The smallest absolute Gasteiger partial charge is 0.122 e. The van der Waals surface area contributed by atoms with Gasteiger partial charge in [0.25, 0.3) is 0 Å². The maximum atomic E-state index is 5.53. The molecule has 3 aromatic rings. The number of methoxy groups -OCH3 is 1. The van der Waals surface area contributed by atoms with Gasteiger partial charge in [-0.2, -0.15) is 0 Å². The number of fused-ring (bicyclic) bond motifs is 3. The van der Waals surface area contributed by atoms with Crippen molar-refractivity contribution < 1.29 is 4.74 Å². The van der Waals surface area contributed by atoms with Gasteiger partial charge >= 0.3 is 0 Å². The second-order valence-corrected chi connectivity index (χ2v) is 9.02. The van der Waals surface area contributed by atoms with Crippen molar-refractivity contribution >= 4 is 10.9 Å². The SMILES string of the molecule is COc1cc(C)c(CN2CCCn3c4c(c5cc(C)ccc53)CCCC42)cc1C. The van der Waals surface area contributed by atoms with Crippen molar-refractivity contribution in [2.24, 2.45) is 0 Å². The molecule has 0 spiro atoms. The highest BCUT2D eigenvalue weighted by Gasteiger charge is 2.33. The number of hydrogen-bond donors (Lipinski definition) is 0. The Balaban J connectivity index is 1.57. The van der Waals surface area contributed by atoms with Crippen LogP contribution in [-0.4, -0.2) is 23.1 Å². The summed E-state index contributed by atoms with van der Waals surface area (Å²) < 4.78 is 8.18. The lowest BCUT2D eigenvalue weighted by molar-refractivity contribution is 0.173. The van der Waals surface area contributed by atoms with Crippen LogP contribution in [0.4, 0.5) is 0 Å². The predicted molar refractivity (Wildman–Crippen MR) is 120 cm³/mol. The Kier molecular flexibility index (Phi) is 4.66. The van der Waals surface area contributed by atoms with E-state index in [9.17, 15) is 0 Å². The summed E-state index contributed by atoms with van der Waals surface area (Å²) in [6.07, 6.45) is 5.01. The van der Waals surface area contributed by atoms with Crippen molar-refractivity contribution in [3.63, 3.8) is 0 Å². The highest BCUT2D eigenvalue weighted by Crippen LogP contribution is 2.43. The van der Waals surface area contributed by atoms with Gasteiger partial charge in [0, 0.05) is 36.2 Å². The van der Waals surface area contributed by atoms with Gasteiger partial charge in [-0.3, -0.25) is 4.90 Å². The Morgan fingerprint density at radius 2 is 1.86 bits per heavy atom. The van der Waals surface area contributed by atoms with E-state index in [4.69, 9.17) is 4.74 Å². The summed E-state index contributed by atoms with van der Waals surface area (Å²) in [6, 6.07) is 12.1. The van der Waals surface area contributed by atoms with Crippen molar-refractivity contribution in [2.75, 3.05) is 13.7 Å². The molecule has 5 rings (SSSR count). The van der Waals surface area contributed by atoms with Gasteiger partial charge < -0.3 is 9.30 Å². The van der Waals surface area contributed by atoms with Crippen molar-refractivity contribution in [2.45, 2.75) is 65.6 Å². The molecule has 1 unspecified atom stereocenters. The summed E-state index contributed by atoms with van der Waals surface area (Å²) in [5.74, 6) is 0.998. The maximum Gasteiger partial charge on any atom is 0.122 e. The second kappa shape index (κ2) is 7.21. The molecule has 3 nitrogen and oxygen atoms in total. The summed E-state index contributed by atoms with van der Waals surface area (Å²) >= 11 is 0. The topological polar surface area (TPSA) is 17.4 Å². The largest absolute Gasteiger partial charge is 0.496 e. The first-order valence-electron chi connectivity index (χ1n) is 11.1. The molecule has 1 aliphatic carbocycles. The monoisotopic (exact) mass is 388 g/mol. The lowest BCUT2D eigenvalue weighted by atomic mass is 9.90. The number of ether oxygens (including phenoxy) is 1. The summed E-state index contributed by atoms with van der Waals surface area (Å²) in [7, 11) is 1.76. The third kappa shape index (κ3) is 3.07. The molecule has 29 heavy (non-hydrogen) atoms. The van der Waals surface area contributed by atoms with Gasteiger partial charge in [-0.25, -0.2) is 0 Å². The van der Waals surface area contributed by atoms with Crippen LogP contribution in [0, 0.1) is 20.8 Å². The van der Waals surface area contributed by atoms with Gasteiger partial charge in [-0.15, -0.1) is 0 Å². The first kappa shape index (κ1) is 18.7. The van der Waals surface area contributed by atoms with E-state index in [2.05, 4.69) is 60.6 Å². The summed E-state index contributed by atoms with van der Waals surface area (Å²) in [4.78, 5) is 2.75. The van der Waals surface area contributed by atoms with Crippen LogP contribution in [0.5, 0.6) is 5.75 Å². The van der Waals surface area contributed by atoms with Gasteiger partial charge in [0.2, 0.25) is 0 Å². The van der Waals surface area contributed by atoms with Crippen LogP contribution in [0.1, 0.15) is 58.8 Å². The molecule has 0 amide bonds. The molecule has 0 bridgehead atoms. The Morgan fingerprint density at radius 1 is 1.00 bits per heavy atom. The number of aromatic nitrogens is 1. The standard InChI is InChI=1S/C26H32N2O/c1-17-9-10-23-22(13-17)21-7-5-8-24-26(21)28(23)12-6-11-27(24)16-20-14-19(3)25(29-4)15-18(20)2/h9-10,13-15,24H,5-8,11-12,16H2,1-4H3. The van der Waals surface area contributed by atoms with Crippen LogP contribution in [0.15, 0.2) is 30.3 Å². The average Bonchev–Trinajstić information content (AvgIpc) is 2.90. The Hall–Kier alpha value is -2.26. The molecule has 3 heteroatoms. The third-order valence-corrected chi connectivity index (χ3v) is 7.08. The fourth-order valence-electron chi connectivity index (χ4n) is 5.64. The Bertz CT molecular complexity index is 1070. The highest BCUT2D eigenvalue weighted by atomic mass is 16.5. The number of hydrogen-bond acceptors (Lipinski definition) is 2. The predicted octanol–water partition coefficient (Wildman–Crippen LogP) is 5.86. The number of benzene rings is 2. The molecule has 0 N–H and O–H groups in total. The van der Waals surface area contributed by atoms with E-state index >= 15 is 0 Å². The Morgan fingerprint density at radius 3 is 2.69 bits per heavy atom. The van der Waals surface area contributed by atoms with E-state index in [1.807, 2.05) is 0 Å². The summed E-state index contributed by atoms with van der Waals surface area (Å²) in [6.45, 7) is 9.94. The molecule has 0 fully saturated rings. The average molecular weight is 389 g/mol. The minimum absolute atomic E-state index is 0.538. The van der Waals surface area contributed by atoms with Gasteiger partial charge in [-0.1, -0.05) is 17.7 Å². The van der Waals surface area contributed by atoms with Gasteiger partial charge in [0.1, 0.15) is 5.75 Å². The lowest BCUT2D eigenvalue weighted by Gasteiger charge is -2.34. The highest BCUT2D eigenvalue weighted by molar-refractivity contribution is 5.87. The van der Waals surface area contributed by atoms with Crippen LogP contribution in [0.25, 0.3) is 10.9 Å². The van der Waals surface area contributed by atoms with Gasteiger partial charge in [-0.05, 0) is 86.9 Å². The maximum absolute atomic E-state index is 5.53. The van der Waals surface area contributed by atoms with E-state index in [1.165, 1.54) is 65.4 Å². The minimum atomic E-state index is 0.538. The van der Waals surface area contributed by atoms with Crippen molar-refractivity contribution in [3.05, 3.63) is 63.8 Å². The first-order valence-corrected chi connectivity index (χ1v) is 11.1. The molecule has 2 heterocycles. The molecular weight excluding hydrogens is 356 g/mol. The van der Waals surface area contributed by atoms with Crippen molar-refractivity contribution in [1.29, 1.82) is 0 Å². The van der Waals surface area contributed by atoms with Crippen LogP contribution in [0.2, 0.25) is 0 Å². The summed E-state index contributed by atoms with van der Waals surface area (Å²) in [5.41, 5.74) is 10.1. The molecule has 0 radical (unpaired) electrons. The normalized spacial score (nSPS) is 19.2. The van der Waals surface area contributed by atoms with E-state index in [0.29, 0.717) is 6.04 Å². The van der Waals surface area contributed by atoms with Crippen LogP contribution in [-0.2, 0) is 19.5 Å². The quantitative estimate of drug-likeness (QED) is 0.559. The van der Waals surface area contributed by atoms with Crippen molar-refractivity contribution in [1.82, 2.24) is 9.47 Å². The van der Waals surface area contributed by atoms with Crippen LogP contribution < -0.4 is 4.74 Å². The van der Waals surface area contributed by atoms with Gasteiger partial charge in [0.15, 0.2) is 0 Å². The zero-order chi connectivity index (χ0) is 20.1. The fraction of sp³-hybridized carbons (Fsp3) is 0.462. The van der Waals surface area contributed by atoms with E-state index in [0.717, 1.165) is 18.8 Å². The molecule has 0 saturated heterocycles. The van der Waals surface area contributed by atoms with Gasteiger partial charge in [0.05, 0.1) is 13.2 Å². The molecule has 1 atom stereocenters. The molecule has 1 aromatic heterocycles. The zero-order valence-corrected chi connectivity index (χ0v) is 18.2. The molecule has 1 aliphatic heterocycles. The number of rotatable bonds is 3. The number of nitrogens with zero attached hydrogens (tertiary/aromatic N) is 2. The summed E-state index contributed by atoms with van der Waals surface area (Å²) in [5, 5.41) is 1.50. The minimum Gasteiger partial charge on any atom is -0.496 e. The number of aryl methyl sites for hydroxylation is 5. The molecule has 0 saturated carbocycles. The van der Waals surface area contributed by atoms with Crippen LogP contribution >= 0.6 is 0 Å². The first-order chi connectivity index (χ1) is 14.1. The van der Waals surface area contributed by atoms with E-state index < -0.39 is 0 Å².